The van der Waals surface area contributed by atoms with Crippen molar-refractivity contribution in [3.8, 4) is 0 Å². The smallest absolute Gasteiger partial charge is 0.335 e. The highest BCUT2D eigenvalue weighted by Gasteiger charge is 2.35. The first-order valence-corrected chi connectivity index (χ1v) is 11.1. The molecule has 0 aromatic heterocycles. The fourth-order valence-electron chi connectivity index (χ4n) is 4.35. The molecule has 1 aliphatic heterocycles. The Morgan fingerprint density at radius 2 is 1.61 bits per heavy atom. The van der Waals surface area contributed by atoms with Crippen LogP contribution in [0.3, 0.4) is 0 Å². The van der Waals surface area contributed by atoms with Gasteiger partial charge < -0.3 is 10.0 Å². The number of carbonyl (C=O) groups excluding carboxylic acids is 1. The van der Waals surface area contributed by atoms with E-state index in [1.54, 1.807) is 12.1 Å². The van der Waals surface area contributed by atoms with Crippen molar-refractivity contribution in [3.05, 3.63) is 65.7 Å². The fraction of sp³-hybridized carbons (Fsp3) is 0.440. The van der Waals surface area contributed by atoms with Crippen LogP contribution in [0.4, 0.5) is 10.5 Å². The van der Waals surface area contributed by atoms with Crippen molar-refractivity contribution in [1.29, 1.82) is 0 Å². The zero-order chi connectivity index (χ0) is 22.4. The zero-order valence-corrected chi connectivity index (χ0v) is 18.7. The fourth-order valence-corrected chi connectivity index (χ4v) is 4.35. The summed E-state index contributed by atoms with van der Waals surface area (Å²) in [7, 11) is 0. The zero-order valence-electron chi connectivity index (χ0n) is 18.7. The van der Waals surface area contributed by atoms with Gasteiger partial charge in [0.05, 0.1) is 5.56 Å². The van der Waals surface area contributed by atoms with Crippen LogP contribution in [0, 0.1) is 0 Å². The SMILES string of the molecule is CCCCN(C(=O)N1[C@H](C)CN(Cc2ccc(C(=O)O)cc2)C[C@@H]1C)c1ccccc1. The van der Waals surface area contributed by atoms with Crippen molar-refractivity contribution in [2.24, 2.45) is 0 Å². The van der Waals surface area contributed by atoms with E-state index in [0.29, 0.717) is 5.56 Å². The molecule has 31 heavy (non-hydrogen) atoms. The molecule has 1 fully saturated rings. The molecule has 0 unspecified atom stereocenters. The van der Waals surface area contributed by atoms with Crippen LogP contribution in [0.15, 0.2) is 54.6 Å². The van der Waals surface area contributed by atoms with Gasteiger partial charge in [-0.3, -0.25) is 9.80 Å². The lowest BCUT2D eigenvalue weighted by Gasteiger charge is -2.46. The van der Waals surface area contributed by atoms with Crippen LogP contribution in [0.25, 0.3) is 0 Å². The molecule has 0 spiro atoms. The van der Waals surface area contributed by atoms with Crippen molar-refractivity contribution in [2.45, 2.75) is 52.2 Å². The molecule has 6 heteroatoms. The van der Waals surface area contributed by atoms with Crippen LogP contribution in [-0.2, 0) is 6.54 Å². The molecule has 2 atom stereocenters. The number of hydrogen-bond acceptors (Lipinski definition) is 3. The predicted molar refractivity (Wildman–Crippen MR) is 124 cm³/mol. The average Bonchev–Trinajstić information content (AvgIpc) is 2.74. The third-order valence-electron chi connectivity index (χ3n) is 5.86. The van der Waals surface area contributed by atoms with Crippen LogP contribution < -0.4 is 4.90 Å². The number of nitrogens with zero attached hydrogens (tertiary/aromatic N) is 3. The van der Waals surface area contributed by atoms with Gasteiger partial charge in [-0.25, -0.2) is 9.59 Å². The van der Waals surface area contributed by atoms with Gasteiger partial charge in [-0.15, -0.1) is 0 Å². The molecule has 166 valence electrons. The third kappa shape index (κ3) is 5.64. The highest BCUT2D eigenvalue weighted by atomic mass is 16.4. The number of carboxylic acid groups (broad SMARTS) is 1. The number of rotatable bonds is 7. The van der Waals surface area contributed by atoms with E-state index in [9.17, 15) is 9.59 Å². The number of unbranched alkanes of at least 4 members (excludes halogenated alkanes) is 1. The number of para-hydroxylation sites is 1. The second-order valence-corrected chi connectivity index (χ2v) is 8.42. The first kappa shape index (κ1) is 22.8. The highest BCUT2D eigenvalue weighted by Crippen LogP contribution is 2.23. The Morgan fingerprint density at radius 1 is 1.00 bits per heavy atom. The molecule has 2 aromatic carbocycles. The van der Waals surface area contributed by atoms with Gasteiger partial charge in [-0.2, -0.15) is 0 Å². The number of hydrogen-bond donors (Lipinski definition) is 1. The Hall–Kier alpha value is -2.86. The molecule has 0 radical (unpaired) electrons. The van der Waals surface area contributed by atoms with Gasteiger partial charge in [0.2, 0.25) is 0 Å². The number of benzene rings is 2. The number of urea groups is 1. The summed E-state index contributed by atoms with van der Waals surface area (Å²) < 4.78 is 0. The summed E-state index contributed by atoms with van der Waals surface area (Å²) >= 11 is 0. The van der Waals surface area contributed by atoms with E-state index in [1.165, 1.54) is 0 Å². The summed E-state index contributed by atoms with van der Waals surface area (Å²) in [6.07, 6.45) is 2.01. The van der Waals surface area contributed by atoms with Gasteiger partial charge in [-0.05, 0) is 50.1 Å². The lowest BCUT2D eigenvalue weighted by Crippen LogP contribution is -2.61. The Bertz CT molecular complexity index is 857. The van der Waals surface area contributed by atoms with Crippen LogP contribution in [0.5, 0.6) is 0 Å². The molecule has 3 rings (SSSR count). The number of carboxylic acids is 1. The highest BCUT2D eigenvalue weighted by molar-refractivity contribution is 5.92. The lowest BCUT2D eigenvalue weighted by molar-refractivity contribution is 0.0628. The first-order valence-electron chi connectivity index (χ1n) is 11.1. The van der Waals surface area contributed by atoms with Crippen LogP contribution in [-0.4, -0.2) is 58.6 Å². The van der Waals surface area contributed by atoms with Crippen molar-refractivity contribution >= 4 is 17.7 Å². The maximum Gasteiger partial charge on any atom is 0.335 e. The van der Waals surface area contributed by atoms with E-state index in [1.807, 2.05) is 52.3 Å². The molecule has 6 nitrogen and oxygen atoms in total. The van der Waals surface area contributed by atoms with Crippen molar-refractivity contribution in [3.63, 3.8) is 0 Å². The quantitative estimate of drug-likeness (QED) is 0.701. The van der Waals surface area contributed by atoms with E-state index in [-0.39, 0.29) is 18.1 Å². The summed E-state index contributed by atoms with van der Waals surface area (Å²) in [4.78, 5) is 30.9. The molecule has 0 aliphatic carbocycles. The topological polar surface area (TPSA) is 64.1 Å². The maximum absolute atomic E-state index is 13.6. The van der Waals surface area contributed by atoms with E-state index < -0.39 is 5.97 Å². The summed E-state index contributed by atoms with van der Waals surface area (Å²) in [5.41, 5.74) is 2.33. The van der Waals surface area contributed by atoms with Crippen LogP contribution in [0.2, 0.25) is 0 Å². The van der Waals surface area contributed by atoms with Crippen LogP contribution >= 0.6 is 0 Å². The largest absolute Gasteiger partial charge is 0.478 e. The molecule has 0 bridgehead atoms. The third-order valence-corrected chi connectivity index (χ3v) is 5.86. The molecule has 2 aromatic rings. The second kappa shape index (κ2) is 10.4. The maximum atomic E-state index is 13.6. The Kier molecular flexibility index (Phi) is 7.69. The van der Waals surface area contributed by atoms with E-state index in [4.69, 9.17) is 5.11 Å². The van der Waals surface area contributed by atoms with Crippen LogP contribution in [0.1, 0.15) is 49.5 Å². The normalized spacial score (nSPS) is 19.3. The minimum Gasteiger partial charge on any atom is -0.478 e. The van der Waals surface area contributed by atoms with Crippen molar-refractivity contribution < 1.29 is 14.7 Å². The van der Waals surface area contributed by atoms with Gasteiger partial charge in [-0.1, -0.05) is 43.7 Å². The minimum atomic E-state index is -0.910. The number of aromatic carboxylic acids is 1. The standard InChI is InChI=1S/C25H33N3O3/c1-4-5-15-27(23-9-7-6-8-10-23)25(31)28-19(2)16-26(17-20(28)3)18-21-11-13-22(14-12-21)24(29)30/h6-14,19-20H,4-5,15-18H2,1-3H3,(H,29,30)/t19-,20+. The summed E-state index contributed by atoms with van der Waals surface area (Å²) in [6, 6.07) is 17.2. The monoisotopic (exact) mass is 423 g/mol. The van der Waals surface area contributed by atoms with Crippen molar-refractivity contribution in [1.82, 2.24) is 9.80 Å². The van der Waals surface area contributed by atoms with Gasteiger partial charge in [0.1, 0.15) is 0 Å². The first-order chi connectivity index (χ1) is 14.9. The van der Waals surface area contributed by atoms with Crippen molar-refractivity contribution in [2.75, 3.05) is 24.5 Å². The molecule has 1 heterocycles. The molecular weight excluding hydrogens is 390 g/mol. The van der Waals surface area contributed by atoms with Gasteiger partial charge in [0.25, 0.3) is 0 Å². The van der Waals surface area contributed by atoms with E-state index in [0.717, 1.165) is 50.3 Å². The second-order valence-electron chi connectivity index (χ2n) is 8.42. The molecular formula is C25H33N3O3. The average molecular weight is 424 g/mol. The van der Waals surface area contributed by atoms with E-state index in [2.05, 4.69) is 25.7 Å². The summed E-state index contributed by atoms with van der Waals surface area (Å²) in [5, 5.41) is 9.08. The lowest BCUT2D eigenvalue weighted by atomic mass is 10.1. The molecule has 1 N–H and O–H groups in total. The Labute approximate surface area is 185 Å². The molecule has 2 amide bonds. The Balaban J connectivity index is 1.69. The molecule has 1 aliphatic rings. The number of amides is 2. The summed E-state index contributed by atoms with van der Waals surface area (Å²) in [5.74, 6) is -0.910. The van der Waals surface area contributed by atoms with E-state index >= 15 is 0 Å². The predicted octanol–water partition coefficient (Wildman–Crippen LogP) is 4.71. The molecule has 1 saturated heterocycles. The van der Waals surface area contributed by atoms with Gasteiger partial charge in [0, 0.05) is 44.0 Å². The molecule has 0 saturated carbocycles. The Morgan fingerprint density at radius 3 is 2.16 bits per heavy atom. The van der Waals surface area contributed by atoms with Gasteiger partial charge in [0.15, 0.2) is 0 Å². The summed E-state index contributed by atoms with van der Waals surface area (Å²) in [6.45, 7) is 9.39. The number of anilines is 1. The van der Waals surface area contributed by atoms with Gasteiger partial charge >= 0.3 is 12.0 Å². The number of carbonyl (C=O) groups is 2. The number of piperazine rings is 1. The minimum absolute atomic E-state index is 0.0742.